The van der Waals surface area contributed by atoms with E-state index in [0.717, 1.165) is 39.1 Å². The van der Waals surface area contributed by atoms with Crippen LogP contribution in [0, 0.1) is 17.8 Å². The predicted octanol–water partition coefficient (Wildman–Crippen LogP) is 3.72. The third-order valence-electron chi connectivity index (χ3n) is 6.43. The van der Waals surface area contributed by atoms with Crippen molar-refractivity contribution in [1.82, 2.24) is 24.8 Å². The number of aromatic nitrogens is 5. The van der Waals surface area contributed by atoms with Gasteiger partial charge in [-0.3, -0.25) is 4.98 Å². The van der Waals surface area contributed by atoms with Gasteiger partial charge in [0, 0.05) is 23.4 Å². The molecule has 0 unspecified atom stereocenters. The smallest absolute Gasteiger partial charge is 0.235 e. The maximum absolute atomic E-state index is 4.88. The van der Waals surface area contributed by atoms with Gasteiger partial charge in [-0.25, -0.2) is 0 Å². The Morgan fingerprint density at radius 3 is 2.29 bits per heavy atom. The number of nitrogens with zero attached hydrogens (tertiary/aromatic N) is 5. The lowest BCUT2D eigenvalue weighted by atomic mass is 9.49. The quantitative estimate of drug-likeness (QED) is 0.715. The summed E-state index contributed by atoms with van der Waals surface area (Å²) in [5.41, 5.74) is 1.34. The zero-order valence-electron chi connectivity index (χ0n) is 13.4. The summed E-state index contributed by atoms with van der Waals surface area (Å²) in [5, 5.41) is 15.0. The van der Waals surface area contributed by atoms with Gasteiger partial charge in [-0.05, 0) is 68.4 Å². The summed E-state index contributed by atoms with van der Waals surface area (Å²) >= 11 is 1.63. The molecule has 0 radical (unpaired) electrons. The molecule has 4 bridgehead atoms. The van der Waals surface area contributed by atoms with E-state index in [2.05, 4.69) is 15.2 Å². The van der Waals surface area contributed by atoms with Gasteiger partial charge in [0.25, 0.3) is 0 Å². The van der Waals surface area contributed by atoms with Gasteiger partial charge in [0.2, 0.25) is 4.96 Å². The average molecular weight is 337 g/mol. The van der Waals surface area contributed by atoms with Crippen LogP contribution in [0.25, 0.3) is 15.5 Å². The molecular weight excluding hydrogens is 318 g/mol. The Morgan fingerprint density at radius 2 is 1.62 bits per heavy atom. The topological polar surface area (TPSA) is 56.0 Å². The lowest BCUT2D eigenvalue weighted by Gasteiger charge is -2.55. The molecule has 7 rings (SSSR count). The number of hydrogen-bond acceptors (Lipinski definition) is 5. The number of fused-ring (bicyclic) bond motifs is 1. The van der Waals surface area contributed by atoms with Crippen LogP contribution in [0.15, 0.2) is 24.5 Å². The van der Waals surface area contributed by atoms with Crippen molar-refractivity contribution < 1.29 is 0 Å². The van der Waals surface area contributed by atoms with E-state index in [1.165, 1.54) is 38.5 Å². The van der Waals surface area contributed by atoms with Crippen LogP contribution in [0.3, 0.4) is 0 Å². The molecule has 5 nitrogen and oxygen atoms in total. The van der Waals surface area contributed by atoms with E-state index >= 15 is 0 Å². The van der Waals surface area contributed by atoms with Gasteiger partial charge in [-0.1, -0.05) is 11.3 Å². The van der Waals surface area contributed by atoms with Crippen molar-refractivity contribution in [2.24, 2.45) is 17.8 Å². The minimum atomic E-state index is 0.234. The van der Waals surface area contributed by atoms with Crippen LogP contribution in [0.4, 0.5) is 0 Å². The number of rotatable bonds is 2. The van der Waals surface area contributed by atoms with E-state index in [0.29, 0.717) is 0 Å². The Kier molecular flexibility index (Phi) is 2.60. The fourth-order valence-electron chi connectivity index (χ4n) is 5.94. The second-order valence-corrected chi connectivity index (χ2v) is 9.01. The molecule has 0 N–H and O–H groups in total. The zero-order chi connectivity index (χ0) is 15.7. The van der Waals surface area contributed by atoms with Crippen LogP contribution >= 0.6 is 11.3 Å². The van der Waals surface area contributed by atoms with E-state index in [-0.39, 0.29) is 5.41 Å². The molecule has 4 saturated carbocycles. The highest BCUT2D eigenvalue weighted by Crippen LogP contribution is 2.60. The Bertz CT molecular complexity index is 877. The summed E-state index contributed by atoms with van der Waals surface area (Å²) < 4.78 is 2.05. The first-order chi connectivity index (χ1) is 11.8. The summed E-state index contributed by atoms with van der Waals surface area (Å²) in [7, 11) is 0. The van der Waals surface area contributed by atoms with Crippen molar-refractivity contribution in [1.29, 1.82) is 0 Å². The van der Waals surface area contributed by atoms with Gasteiger partial charge in [0.15, 0.2) is 5.82 Å². The molecule has 0 spiro atoms. The first-order valence-electron chi connectivity index (χ1n) is 8.92. The Morgan fingerprint density at radius 1 is 0.958 bits per heavy atom. The monoisotopic (exact) mass is 337 g/mol. The van der Waals surface area contributed by atoms with Crippen LogP contribution in [-0.4, -0.2) is 24.8 Å². The molecule has 3 heterocycles. The van der Waals surface area contributed by atoms with Crippen LogP contribution in [0.5, 0.6) is 0 Å². The van der Waals surface area contributed by atoms with Gasteiger partial charge in [0.05, 0.1) is 0 Å². The van der Waals surface area contributed by atoms with Crippen molar-refractivity contribution in [2.75, 3.05) is 0 Å². The van der Waals surface area contributed by atoms with Crippen molar-refractivity contribution >= 4 is 16.3 Å². The lowest BCUT2D eigenvalue weighted by molar-refractivity contribution is -0.0103. The summed E-state index contributed by atoms with van der Waals surface area (Å²) in [6, 6.07) is 4.02. The summed E-state index contributed by atoms with van der Waals surface area (Å²) in [5.74, 6) is 3.85. The van der Waals surface area contributed by atoms with Gasteiger partial charge in [-0.15, -0.1) is 10.2 Å². The first kappa shape index (κ1) is 13.5. The number of pyridine rings is 1. The van der Waals surface area contributed by atoms with Crippen molar-refractivity contribution in [2.45, 2.75) is 43.9 Å². The Labute approximate surface area is 144 Å². The number of hydrogen-bond donors (Lipinski definition) is 0. The van der Waals surface area contributed by atoms with Crippen LogP contribution in [0.1, 0.15) is 44.3 Å². The Hall–Kier alpha value is -1.82. The maximum atomic E-state index is 4.88. The zero-order valence-corrected chi connectivity index (χ0v) is 14.2. The highest BCUT2D eigenvalue weighted by molar-refractivity contribution is 7.19. The highest BCUT2D eigenvalue weighted by atomic mass is 32.1. The molecular formula is C18H19N5S. The van der Waals surface area contributed by atoms with Crippen LogP contribution < -0.4 is 0 Å². The normalized spacial score (nSPS) is 34.2. The molecule has 0 saturated heterocycles. The van der Waals surface area contributed by atoms with E-state index in [1.54, 1.807) is 11.3 Å². The van der Waals surface area contributed by atoms with E-state index < -0.39 is 0 Å². The average Bonchev–Trinajstić information content (AvgIpc) is 3.14. The molecule has 0 aromatic carbocycles. The van der Waals surface area contributed by atoms with Gasteiger partial charge >= 0.3 is 0 Å². The van der Waals surface area contributed by atoms with E-state index in [4.69, 9.17) is 5.10 Å². The fraction of sp³-hybridized carbons (Fsp3) is 0.556. The highest BCUT2D eigenvalue weighted by Gasteiger charge is 2.54. The largest absolute Gasteiger partial charge is 0.265 e. The van der Waals surface area contributed by atoms with Gasteiger partial charge < -0.3 is 0 Å². The molecule has 0 atom stereocenters. The molecule has 4 aliphatic carbocycles. The molecule has 4 aliphatic rings. The molecule has 0 aliphatic heterocycles. The molecule has 24 heavy (non-hydrogen) atoms. The minimum Gasteiger partial charge on any atom is -0.265 e. The van der Waals surface area contributed by atoms with Crippen molar-refractivity contribution in [3.8, 4) is 10.6 Å². The molecule has 0 amide bonds. The second kappa shape index (κ2) is 4.63. The molecule has 3 aromatic heterocycles. The van der Waals surface area contributed by atoms with E-state index in [1.807, 2.05) is 29.0 Å². The fourth-order valence-corrected chi connectivity index (χ4v) is 6.79. The third kappa shape index (κ3) is 1.80. The van der Waals surface area contributed by atoms with Crippen molar-refractivity contribution in [3.05, 3.63) is 30.4 Å². The van der Waals surface area contributed by atoms with E-state index in [9.17, 15) is 0 Å². The van der Waals surface area contributed by atoms with Gasteiger partial charge in [0.1, 0.15) is 5.01 Å². The van der Waals surface area contributed by atoms with Crippen molar-refractivity contribution in [3.63, 3.8) is 0 Å². The minimum absolute atomic E-state index is 0.234. The Balaban J connectivity index is 1.48. The summed E-state index contributed by atoms with van der Waals surface area (Å²) in [6.07, 6.45) is 11.8. The summed E-state index contributed by atoms with van der Waals surface area (Å²) in [6.45, 7) is 0. The second-order valence-electron chi connectivity index (χ2n) is 8.06. The predicted molar refractivity (Wildman–Crippen MR) is 91.7 cm³/mol. The third-order valence-corrected chi connectivity index (χ3v) is 7.38. The summed E-state index contributed by atoms with van der Waals surface area (Å²) in [4.78, 5) is 5.02. The van der Waals surface area contributed by atoms with Crippen LogP contribution in [-0.2, 0) is 5.41 Å². The SMILES string of the molecule is c1cc(-c2nn3c(C45CC6CC(CC(C6)C4)C5)nnc3s2)ccn1. The molecule has 3 aromatic rings. The van der Waals surface area contributed by atoms with Crippen LogP contribution in [0.2, 0.25) is 0 Å². The maximum Gasteiger partial charge on any atom is 0.235 e. The lowest BCUT2D eigenvalue weighted by Crippen LogP contribution is -2.49. The molecule has 4 fully saturated rings. The molecule has 6 heteroatoms. The standard InChI is InChI=1S/C18H19N5S/c1-3-19-4-2-14(1)15-22-23-16(20-21-17(23)24-15)18-8-11-5-12(9-18)7-13(6-11)10-18/h1-4,11-13H,5-10H2. The first-order valence-corrected chi connectivity index (χ1v) is 9.74. The van der Waals surface area contributed by atoms with Gasteiger partial charge in [-0.2, -0.15) is 9.61 Å². The molecule has 122 valence electrons.